The lowest BCUT2D eigenvalue weighted by Crippen LogP contribution is -2.21. The molecule has 0 aliphatic carbocycles. The number of aryl methyl sites for hydroxylation is 2. The third kappa shape index (κ3) is 2.05. The Kier molecular flexibility index (Phi) is 3.15. The minimum Gasteiger partial charge on any atom is -0.351 e. The third-order valence-electron chi connectivity index (χ3n) is 2.92. The maximum Gasteiger partial charge on any atom is 0.101 e. The molecule has 86 valence electrons. The Hall–Kier alpha value is -1.09. The summed E-state index contributed by atoms with van der Waals surface area (Å²) in [5.41, 5.74) is 2.74. The van der Waals surface area contributed by atoms with Gasteiger partial charge in [0.05, 0.1) is 5.84 Å². The summed E-state index contributed by atoms with van der Waals surface area (Å²) < 4.78 is 0. The molecule has 0 radical (unpaired) electrons. The fourth-order valence-corrected chi connectivity index (χ4v) is 3.03. The summed E-state index contributed by atoms with van der Waals surface area (Å²) >= 11 is 1.86. The highest BCUT2D eigenvalue weighted by atomic mass is 32.1. The molecule has 1 atom stereocenters. The number of amidine groups is 1. The van der Waals surface area contributed by atoms with Gasteiger partial charge in [0, 0.05) is 16.0 Å². The molecule has 0 saturated carbocycles. The highest BCUT2D eigenvalue weighted by Gasteiger charge is 2.21. The zero-order chi connectivity index (χ0) is 11.7. The molecular formula is C13H18N2S. The Morgan fingerprint density at radius 1 is 1.38 bits per heavy atom. The number of hydrogen-bond acceptors (Lipinski definition) is 3. The molecule has 2 nitrogen and oxygen atoms in total. The summed E-state index contributed by atoms with van der Waals surface area (Å²) in [5, 5.41) is 3.20. The molecule has 0 amide bonds. The van der Waals surface area contributed by atoms with Crippen molar-refractivity contribution in [3.8, 4) is 0 Å². The van der Waals surface area contributed by atoms with E-state index < -0.39 is 0 Å². The third-order valence-corrected chi connectivity index (χ3v) is 3.90. The largest absolute Gasteiger partial charge is 0.351 e. The Labute approximate surface area is 101 Å². The molecule has 1 unspecified atom stereocenters. The number of thiophene rings is 1. The molecule has 2 rings (SSSR count). The van der Waals surface area contributed by atoms with Crippen molar-refractivity contribution in [1.29, 1.82) is 0 Å². The van der Waals surface area contributed by atoms with Crippen LogP contribution in [-0.2, 0) is 0 Å². The Morgan fingerprint density at radius 3 is 2.69 bits per heavy atom. The van der Waals surface area contributed by atoms with Crippen LogP contribution >= 0.6 is 11.3 Å². The lowest BCUT2D eigenvalue weighted by molar-refractivity contribution is 0.766. The van der Waals surface area contributed by atoms with E-state index in [4.69, 9.17) is 4.99 Å². The van der Waals surface area contributed by atoms with E-state index in [1.54, 1.807) is 0 Å². The van der Waals surface area contributed by atoms with Gasteiger partial charge < -0.3 is 5.32 Å². The molecule has 1 N–H and O–H groups in total. The van der Waals surface area contributed by atoms with Gasteiger partial charge in [-0.25, -0.2) is 0 Å². The molecular weight excluding hydrogens is 216 g/mol. The lowest BCUT2D eigenvalue weighted by atomic mass is 9.97. The standard InChI is InChI=1S/C13H18N2S/c1-5-11-7-14-10(4)15-13(11)12-6-8(2)16-9(12)3/h6-7,13H,5H2,1-4H3,(H,14,15). The lowest BCUT2D eigenvalue weighted by Gasteiger charge is -2.21. The summed E-state index contributed by atoms with van der Waals surface area (Å²) in [5.74, 6) is 1.01. The molecule has 0 spiro atoms. The second kappa shape index (κ2) is 4.42. The van der Waals surface area contributed by atoms with Crippen LogP contribution in [0.5, 0.6) is 0 Å². The van der Waals surface area contributed by atoms with Gasteiger partial charge in [0.2, 0.25) is 0 Å². The number of aliphatic imine (C=N–C) groups is 1. The van der Waals surface area contributed by atoms with Gasteiger partial charge in [-0.3, -0.25) is 4.99 Å². The van der Waals surface area contributed by atoms with Crippen LogP contribution in [-0.4, -0.2) is 5.84 Å². The van der Waals surface area contributed by atoms with Crippen LogP contribution in [0.2, 0.25) is 0 Å². The van der Waals surface area contributed by atoms with Gasteiger partial charge in [0.15, 0.2) is 0 Å². The van der Waals surface area contributed by atoms with Crippen molar-refractivity contribution in [3.05, 3.63) is 33.2 Å². The molecule has 0 saturated heterocycles. The van der Waals surface area contributed by atoms with Gasteiger partial charge in [-0.2, -0.15) is 0 Å². The molecule has 1 aromatic heterocycles. The zero-order valence-corrected chi connectivity index (χ0v) is 11.1. The van der Waals surface area contributed by atoms with Crippen LogP contribution in [0.4, 0.5) is 0 Å². The SMILES string of the molecule is CCC1=CNC(C)=NC1c1cc(C)sc1C. The average molecular weight is 234 g/mol. The minimum absolute atomic E-state index is 0.233. The summed E-state index contributed by atoms with van der Waals surface area (Å²) in [6, 6.07) is 2.51. The van der Waals surface area contributed by atoms with Gasteiger partial charge in [-0.05, 0) is 44.4 Å². The van der Waals surface area contributed by atoms with Crippen LogP contribution in [0.25, 0.3) is 0 Å². The number of rotatable bonds is 2. The predicted octanol–water partition coefficient (Wildman–Crippen LogP) is 3.72. The summed E-state index contributed by atoms with van der Waals surface area (Å²) in [6.07, 6.45) is 3.15. The first-order valence-electron chi connectivity index (χ1n) is 5.68. The normalized spacial score (nSPS) is 20.1. The van der Waals surface area contributed by atoms with Crippen molar-refractivity contribution in [2.75, 3.05) is 0 Å². The fourth-order valence-electron chi connectivity index (χ4n) is 2.08. The molecule has 2 heterocycles. The summed E-state index contributed by atoms with van der Waals surface area (Å²) in [7, 11) is 0. The molecule has 16 heavy (non-hydrogen) atoms. The van der Waals surface area contributed by atoms with Gasteiger partial charge in [0.1, 0.15) is 6.04 Å². The van der Waals surface area contributed by atoms with Crippen molar-refractivity contribution in [3.63, 3.8) is 0 Å². The highest BCUT2D eigenvalue weighted by Crippen LogP contribution is 2.35. The van der Waals surface area contributed by atoms with E-state index in [0.717, 1.165) is 12.3 Å². The van der Waals surface area contributed by atoms with Crippen molar-refractivity contribution in [1.82, 2.24) is 5.32 Å². The fraction of sp³-hybridized carbons (Fsp3) is 0.462. The van der Waals surface area contributed by atoms with Crippen LogP contribution in [0, 0.1) is 13.8 Å². The van der Waals surface area contributed by atoms with Crippen molar-refractivity contribution in [2.24, 2.45) is 4.99 Å². The molecule has 1 aromatic rings. The second-order valence-electron chi connectivity index (χ2n) is 4.20. The molecule has 0 fully saturated rings. The van der Waals surface area contributed by atoms with E-state index >= 15 is 0 Å². The van der Waals surface area contributed by atoms with E-state index in [1.807, 2.05) is 18.3 Å². The molecule has 0 bridgehead atoms. The van der Waals surface area contributed by atoms with Crippen molar-refractivity contribution in [2.45, 2.75) is 40.2 Å². The smallest absolute Gasteiger partial charge is 0.101 e. The van der Waals surface area contributed by atoms with Gasteiger partial charge in [-0.15, -0.1) is 11.3 Å². The maximum atomic E-state index is 4.72. The topological polar surface area (TPSA) is 24.4 Å². The van der Waals surface area contributed by atoms with Gasteiger partial charge in [0.25, 0.3) is 0 Å². The highest BCUT2D eigenvalue weighted by molar-refractivity contribution is 7.12. The summed E-state index contributed by atoms with van der Waals surface area (Å²) in [6.45, 7) is 8.55. The maximum absolute atomic E-state index is 4.72. The van der Waals surface area contributed by atoms with Crippen molar-refractivity contribution < 1.29 is 0 Å². The van der Waals surface area contributed by atoms with Crippen molar-refractivity contribution >= 4 is 17.2 Å². The van der Waals surface area contributed by atoms with E-state index in [9.17, 15) is 0 Å². The first kappa shape index (κ1) is 11.4. The molecule has 1 aliphatic rings. The van der Waals surface area contributed by atoms with Crippen LogP contribution < -0.4 is 5.32 Å². The first-order chi connectivity index (χ1) is 7.61. The van der Waals surface area contributed by atoms with E-state index in [0.29, 0.717) is 0 Å². The van der Waals surface area contributed by atoms with Crippen LogP contribution in [0.15, 0.2) is 22.8 Å². The van der Waals surface area contributed by atoms with E-state index in [-0.39, 0.29) is 6.04 Å². The monoisotopic (exact) mass is 234 g/mol. The first-order valence-corrected chi connectivity index (χ1v) is 6.50. The Morgan fingerprint density at radius 2 is 2.12 bits per heavy atom. The quantitative estimate of drug-likeness (QED) is 0.828. The van der Waals surface area contributed by atoms with Crippen LogP contribution in [0.3, 0.4) is 0 Å². The van der Waals surface area contributed by atoms with Gasteiger partial charge >= 0.3 is 0 Å². The van der Waals surface area contributed by atoms with Gasteiger partial charge in [-0.1, -0.05) is 6.92 Å². The predicted molar refractivity (Wildman–Crippen MR) is 71.2 cm³/mol. The minimum atomic E-state index is 0.233. The number of nitrogens with zero attached hydrogens (tertiary/aromatic N) is 1. The Bertz CT molecular complexity index is 454. The number of hydrogen-bond donors (Lipinski definition) is 1. The van der Waals surface area contributed by atoms with Crippen LogP contribution in [0.1, 0.15) is 41.6 Å². The zero-order valence-electron chi connectivity index (χ0n) is 10.3. The summed E-state index contributed by atoms with van der Waals surface area (Å²) in [4.78, 5) is 7.48. The van der Waals surface area contributed by atoms with E-state index in [1.165, 1.54) is 20.9 Å². The molecule has 0 aromatic carbocycles. The van der Waals surface area contributed by atoms with E-state index in [2.05, 4.69) is 38.4 Å². The second-order valence-corrected chi connectivity index (χ2v) is 5.66. The molecule has 1 aliphatic heterocycles. The molecule has 3 heteroatoms. The average Bonchev–Trinajstić information content (AvgIpc) is 2.57. The Balaban J connectivity index is 2.41. The number of nitrogens with one attached hydrogen (secondary N) is 1.